The van der Waals surface area contributed by atoms with Gasteiger partial charge in [-0.25, -0.2) is 4.98 Å². The van der Waals surface area contributed by atoms with Crippen LogP contribution in [0.5, 0.6) is 5.75 Å². The normalized spacial score (nSPS) is 10.6. The molecule has 2 N–H and O–H groups in total. The van der Waals surface area contributed by atoms with E-state index in [1.807, 2.05) is 38.1 Å². The molecule has 1 heterocycles. The molecule has 0 bridgehead atoms. The van der Waals surface area contributed by atoms with E-state index in [9.17, 15) is 9.59 Å². The van der Waals surface area contributed by atoms with E-state index in [-0.39, 0.29) is 17.4 Å². The van der Waals surface area contributed by atoms with Gasteiger partial charge in [0.15, 0.2) is 12.4 Å². The minimum Gasteiger partial charge on any atom is -0.480 e. The molecule has 2 amide bonds. The van der Waals surface area contributed by atoms with Crippen LogP contribution in [0.1, 0.15) is 21.6 Å². The first-order chi connectivity index (χ1) is 13.3. The Hall–Kier alpha value is -2.83. The molecule has 144 valence electrons. The molecule has 0 aliphatic heterocycles. The van der Waals surface area contributed by atoms with Crippen LogP contribution in [0, 0.1) is 13.8 Å². The number of pyridine rings is 1. The van der Waals surface area contributed by atoms with Gasteiger partial charge < -0.3 is 4.74 Å². The van der Waals surface area contributed by atoms with Crippen molar-refractivity contribution in [1.29, 1.82) is 0 Å². The van der Waals surface area contributed by atoms with Crippen LogP contribution < -0.4 is 15.6 Å². The Balaban J connectivity index is 1.65. The number of aromatic nitrogens is 1. The molecular formula is C20H17Cl2N3O3. The molecule has 0 aliphatic carbocycles. The number of carbonyl (C=O) groups excluding carboxylic acids is 2. The van der Waals surface area contributed by atoms with E-state index < -0.39 is 11.8 Å². The fourth-order valence-electron chi connectivity index (χ4n) is 2.50. The molecule has 2 aromatic carbocycles. The van der Waals surface area contributed by atoms with Gasteiger partial charge in [-0.15, -0.1) is 0 Å². The largest absolute Gasteiger partial charge is 0.480 e. The monoisotopic (exact) mass is 417 g/mol. The van der Waals surface area contributed by atoms with E-state index in [0.29, 0.717) is 21.5 Å². The second-order valence-corrected chi connectivity index (χ2v) is 6.99. The number of aryl methyl sites for hydroxylation is 2. The van der Waals surface area contributed by atoms with Gasteiger partial charge >= 0.3 is 0 Å². The highest BCUT2D eigenvalue weighted by molar-refractivity contribution is 6.39. The highest BCUT2D eigenvalue weighted by Gasteiger charge is 2.15. The lowest BCUT2D eigenvalue weighted by molar-refractivity contribution is -0.123. The lowest BCUT2D eigenvalue weighted by Gasteiger charge is -2.13. The quantitative estimate of drug-likeness (QED) is 0.628. The summed E-state index contributed by atoms with van der Waals surface area (Å²) in [5.41, 5.74) is 7.32. The average Bonchev–Trinajstić information content (AvgIpc) is 2.66. The number of amides is 2. The summed E-state index contributed by atoms with van der Waals surface area (Å²) in [5, 5.41) is 1.35. The first-order valence-electron chi connectivity index (χ1n) is 8.39. The Kier molecular flexibility index (Phi) is 6.02. The van der Waals surface area contributed by atoms with Gasteiger partial charge in [-0.1, -0.05) is 40.9 Å². The van der Waals surface area contributed by atoms with Gasteiger partial charge in [-0.05, 0) is 44.2 Å². The molecule has 0 saturated heterocycles. The molecule has 3 aromatic rings. The number of benzene rings is 2. The summed E-state index contributed by atoms with van der Waals surface area (Å²) >= 11 is 12.4. The molecule has 6 nitrogen and oxygen atoms in total. The maximum Gasteiger partial charge on any atom is 0.276 e. The van der Waals surface area contributed by atoms with Crippen molar-refractivity contribution < 1.29 is 14.3 Å². The first-order valence-corrected chi connectivity index (χ1v) is 9.15. The number of hydrazine groups is 1. The Morgan fingerprint density at radius 2 is 1.71 bits per heavy atom. The summed E-state index contributed by atoms with van der Waals surface area (Å²) in [7, 11) is 0. The molecule has 3 rings (SSSR count). The van der Waals surface area contributed by atoms with E-state index in [1.165, 1.54) is 6.07 Å². The van der Waals surface area contributed by atoms with Crippen LogP contribution in [0.15, 0.2) is 42.5 Å². The summed E-state index contributed by atoms with van der Waals surface area (Å²) in [6.07, 6.45) is 0. The Bertz CT molecular complexity index is 1050. The summed E-state index contributed by atoms with van der Waals surface area (Å²) < 4.78 is 5.56. The SMILES string of the molecule is Cc1ccc(C(=O)NNC(=O)COc2c(Cl)cc(Cl)c3ccc(C)nc23)cc1. The van der Waals surface area contributed by atoms with Crippen molar-refractivity contribution in [3.63, 3.8) is 0 Å². The minimum atomic E-state index is -0.549. The van der Waals surface area contributed by atoms with Crippen molar-refractivity contribution in [1.82, 2.24) is 15.8 Å². The van der Waals surface area contributed by atoms with Gasteiger partial charge in [0.2, 0.25) is 0 Å². The second-order valence-electron chi connectivity index (χ2n) is 6.18. The van der Waals surface area contributed by atoms with Crippen LogP contribution in [-0.2, 0) is 4.79 Å². The number of ether oxygens (including phenoxy) is 1. The number of hydrogen-bond donors (Lipinski definition) is 2. The topological polar surface area (TPSA) is 80.3 Å². The molecule has 0 saturated carbocycles. The predicted octanol–water partition coefficient (Wildman–Crippen LogP) is 4.00. The van der Waals surface area contributed by atoms with Crippen LogP contribution in [0.2, 0.25) is 10.0 Å². The molecule has 28 heavy (non-hydrogen) atoms. The first kappa shape index (κ1) is 19.9. The molecule has 0 aliphatic rings. The Morgan fingerprint density at radius 3 is 2.43 bits per heavy atom. The van der Waals surface area contributed by atoms with E-state index in [4.69, 9.17) is 27.9 Å². The van der Waals surface area contributed by atoms with Crippen LogP contribution >= 0.6 is 23.2 Å². The molecule has 0 atom stereocenters. The third-order valence-corrected chi connectivity index (χ3v) is 4.55. The molecular weight excluding hydrogens is 401 g/mol. The van der Waals surface area contributed by atoms with Crippen molar-refractivity contribution in [3.05, 3.63) is 69.3 Å². The van der Waals surface area contributed by atoms with E-state index in [0.717, 1.165) is 11.3 Å². The number of nitrogens with zero attached hydrogens (tertiary/aromatic N) is 1. The van der Waals surface area contributed by atoms with Crippen molar-refractivity contribution in [2.24, 2.45) is 0 Å². The van der Waals surface area contributed by atoms with Crippen LogP contribution in [0.25, 0.3) is 10.9 Å². The molecule has 0 radical (unpaired) electrons. The minimum absolute atomic E-state index is 0.243. The fraction of sp³-hybridized carbons (Fsp3) is 0.150. The molecule has 8 heteroatoms. The van der Waals surface area contributed by atoms with E-state index in [1.54, 1.807) is 12.1 Å². The number of nitrogens with one attached hydrogen (secondary N) is 2. The lowest BCUT2D eigenvalue weighted by Crippen LogP contribution is -2.43. The van der Waals surface area contributed by atoms with Crippen LogP contribution in [0.3, 0.4) is 0 Å². The van der Waals surface area contributed by atoms with Crippen LogP contribution in [-0.4, -0.2) is 23.4 Å². The maximum absolute atomic E-state index is 12.0. The molecule has 0 unspecified atom stereocenters. The predicted molar refractivity (Wildman–Crippen MR) is 109 cm³/mol. The molecule has 0 spiro atoms. The number of carbonyl (C=O) groups is 2. The van der Waals surface area contributed by atoms with Gasteiger partial charge in [-0.3, -0.25) is 20.4 Å². The fourth-order valence-corrected chi connectivity index (χ4v) is 3.08. The van der Waals surface area contributed by atoms with E-state index >= 15 is 0 Å². The van der Waals surface area contributed by atoms with Crippen LogP contribution in [0.4, 0.5) is 0 Å². The number of hydrogen-bond acceptors (Lipinski definition) is 4. The van der Waals surface area contributed by atoms with Crippen molar-refractivity contribution in [2.75, 3.05) is 6.61 Å². The van der Waals surface area contributed by atoms with Crippen molar-refractivity contribution >= 4 is 45.9 Å². The maximum atomic E-state index is 12.0. The Morgan fingerprint density at radius 1 is 1.00 bits per heavy atom. The highest BCUT2D eigenvalue weighted by atomic mass is 35.5. The lowest BCUT2D eigenvalue weighted by atomic mass is 10.1. The molecule has 0 fully saturated rings. The molecule has 1 aromatic heterocycles. The summed E-state index contributed by atoms with van der Waals surface area (Å²) in [6.45, 7) is 3.38. The average molecular weight is 418 g/mol. The summed E-state index contributed by atoms with van der Waals surface area (Å²) in [4.78, 5) is 28.5. The van der Waals surface area contributed by atoms with E-state index in [2.05, 4.69) is 15.8 Å². The van der Waals surface area contributed by atoms with Gasteiger partial charge in [-0.2, -0.15) is 0 Å². The van der Waals surface area contributed by atoms with Crippen molar-refractivity contribution in [3.8, 4) is 5.75 Å². The Labute approximate surface area is 171 Å². The zero-order valence-electron chi connectivity index (χ0n) is 15.2. The van der Waals surface area contributed by atoms with Crippen molar-refractivity contribution in [2.45, 2.75) is 13.8 Å². The zero-order valence-corrected chi connectivity index (χ0v) is 16.7. The van der Waals surface area contributed by atoms with Gasteiger partial charge in [0, 0.05) is 16.6 Å². The third kappa shape index (κ3) is 4.52. The van der Waals surface area contributed by atoms with Gasteiger partial charge in [0.05, 0.1) is 10.0 Å². The second kappa shape index (κ2) is 8.46. The number of halogens is 2. The third-order valence-electron chi connectivity index (χ3n) is 3.95. The van der Waals surface area contributed by atoms with Gasteiger partial charge in [0.1, 0.15) is 5.52 Å². The smallest absolute Gasteiger partial charge is 0.276 e. The standard InChI is InChI=1S/C20H17Cl2N3O3/c1-11-3-6-13(7-4-11)20(27)25-24-17(26)10-28-19-16(22)9-15(21)14-8-5-12(2)23-18(14)19/h3-9H,10H2,1-2H3,(H,24,26)(H,25,27). The highest BCUT2D eigenvalue weighted by Crippen LogP contribution is 2.37. The number of rotatable bonds is 4. The summed E-state index contributed by atoms with van der Waals surface area (Å²) in [6, 6.07) is 12.1. The summed E-state index contributed by atoms with van der Waals surface area (Å²) in [5.74, 6) is -0.724. The van der Waals surface area contributed by atoms with Gasteiger partial charge in [0.25, 0.3) is 11.8 Å². The zero-order chi connectivity index (χ0) is 20.3. The number of fused-ring (bicyclic) bond motifs is 1.